The molecule has 0 aromatic heterocycles. The Labute approximate surface area is 93.6 Å². The minimum atomic E-state index is -3.84. The van der Waals surface area contributed by atoms with E-state index in [4.69, 9.17) is 5.73 Å². The van der Waals surface area contributed by atoms with Crippen molar-refractivity contribution in [1.82, 2.24) is 0 Å². The van der Waals surface area contributed by atoms with Gasteiger partial charge in [-0.25, -0.2) is 8.42 Å². The van der Waals surface area contributed by atoms with E-state index in [0.29, 0.717) is 12.2 Å². The SMILES string of the molecule is CC1Nc2cc(CN)ccc2S(=O)(=O)C1=O. The lowest BCUT2D eigenvalue weighted by molar-refractivity contribution is -0.112. The summed E-state index contributed by atoms with van der Waals surface area (Å²) in [4.78, 5) is 11.5. The molecule has 1 aliphatic rings. The highest BCUT2D eigenvalue weighted by molar-refractivity contribution is 8.06. The van der Waals surface area contributed by atoms with Gasteiger partial charge in [0.2, 0.25) is 9.84 Å². The molecule has 0 spiro atoms. The van der Waals surface area contributed by atoms with Crippen molar-refractivity contribution >= 4 is 20.6 Å². The number of hydrogen-bond acceptors (Lipinski definition) is 5. The third-order valence-electron chi connectivity index (χ3n) is 2.56. The van der Waals surface area contributed by atoms with Crippen molar-refractivity contribution in [3.8, 4) is 0 Å². The van der Waals surface area contributed by atoms with Crippen LogP contribution in [0.4, 0.5) is 5.69 Å². The maximum absolute atomic E-state index is 11.8. The van der Waals surface area contributed by atoms with E-state index in [-0.39, 0.29) is 4.90 Å². The second kappa shape index (κ2) is 3.57. The van der Waals surface area contributed by atoms with Crippen LogP contribution in [0.3, 0.4) is 0 Å². The normalized spacial score (nSPS) is 22.4. The van der Waals surface area contributed by atoms with Gasteiger partial charge in [0.15, 0.2) is 0 Å². The Hall–Kier alpha value is -1.40. The number of fused-ring (bicyclic) bond motifs is 1. The lowest BCUT2D eigenvalue weighted by Crippen LogP contribution is -2.37. The first kappa shape index (κ1) is 11.1. The summed E-state index contributed by atoms with van der Waals surface area (Å²) in [5, 5.41) is 2.06. The third-order valence-corrected chi connectivity index (χ3v) is 4.38. The van der Waals surface area contributed by atoms with Crippen molar-refractivity contribution in [1.29, 1.82) is 0 Å². The predicted octanol–water partition coefficient (Wildman–Crippen LogP) is 0.260. The van der Waals surface area contributed by atoms with Gasteiger partial charge < -0.3 is 11.1 Å². The quantitative estimate of drug-likeness (QED) is 0.735. The van der Waals surface area contributed by atoms with Gasteiger partial charge in [-0.1, -0.05) is 6.07 Å². The predicted molar refractivity (Wildman–Crippen MR) is 59.6 cm³/mol. The Kier molecular flexibility index (Phi) is 2.47. The molecule has 1 unspecified atom stereocenters. The van der Waals surface area contributed by atoms with Crippen LogP contribution in [-0.2, 0) is 21.2 Å². The Morgan fingerprint density at radius 1 is 1.44 bits per heavy atom. The Bertz CT molecular complexity index is 551. The fourth-order valence-corrected chi connectivity index (χ4v) is 3.08. The second-order valence-corrected chi connectivity index (χ2v) is 5.57. The van der Waals surface area contributed by atoms with E-state index in [0.717, 1.165) is 5.56 Å². The van der Waals surface area contributed by atoms with E-state index in [1.807, 2.05) is 0 Å². The van der Waals surface area contributed by atoms with Crippen molar-refractivity contribution < 1.29 is 13.2 Å². The molecule has 1 aromatic carbocycles. The highest BCUT2D eigenvalue weighted by Gasteiger charge is 2.36. The molecule has 16 heavy (non-hydrogen) atoms. The molecule has 1 atom stereocenters. The molecule has 2 rings (SSSR count). The standard InChI is InChI=1S/C10H12N2O3S/c1-6-10(13)16(14,15)9-3-2-7(5-11)4-8(9)12-6/h2-4,6,12H,5,11H2,1H3. The van der Waals surface area contributed by atoms with Gasteiger partial charge in [0.05, 0.1) is 16.6 Å². The molecule has 1 aromatic rings. The lowest BCUT2D eigenvalue weighted by atomic mass is 10.2. The first-order valence-electron chi connectivity index (χ1n) is 4.85. The number of rotatable bonds is 1. The van der Waals surface area contributed by atoms with E-state index in [2.05, 4.69) is 5.32 Å². The van der Waals surface area contributed by atoms with Crippen LogP contribution in [0.25, 0.3) is 0 Å². The number of carbonyl (C=O) groups is 1. The zero-order chi connectivity index (χ0) is 11.9. The van der Waals surface area contributed by atoms with Crippen molar-refractivity contribution in [2.75, 3.05) is 5.32 Å². The molecule has 86 valence electrons. The maximum Gasteiger partial charge on any atom is 0.272 e. The first-order valence-corrected chi connectivity index (χ1v) is 6.33. The molecule has 1 heterocycles. The third kappa shape index (κ3) is 1.50. The summed E-state index contributed by atoms with van der Waals surface area (Å²) in [5.74, 6) is 0. The van der Waals surface area contributed by atoms with Crippen molar-refractivity contribution in [2.45, 2.75) is 24.4 Å². The van der Waals surface area contributed by atoms with Crippen molar-refractivity contribution in [2.24, 2.45) is 5.73 Å². The average Bonchev–Trinajstić information content (AvgIpc) is 2.26. The van der Waals surface area contributed by atoms with E-state index in [1.54, 1.807) is 12.1 Å². The monoisotopic (exact) mass is 240 g/mol. The van der Waals surface area contributed by atoms with Gasteiger partial charge in [-0.15, -0.1) is 0 Å². The first-order chi connectivity index (χ1) is 7.46. The molecule has 0 saturated heterocycles. The molecule has 3 N–H and O–H groups in total. The molecule has 0 saturated carbocycles. The summed E-state index contributed by atoms with van der Waals surface area (Å²) in [7, 11) is -3.84. The summed E-state index contributed by atoms with van der Waals surface area (Å²) >= 11 is 0. The van der Waals surface area contributed by atoms with Crippen LogP contribution in [0, 0.1) is 0 Å². The average molecular weight is 240 g/mol. The number of nitrogens with one attached hydrogen (secondary N) is 1. The lowest BCUT2D eigenvalue weighted by Gasteiger charge is -2.23. The number of nitrogens with two attached hydrogens (primary N) is 1. The van der Waals surface area contributed by atoms with Gasteiger partial charge in [-0.3, -0.25) is 4.79 Å². The number of sulfone groups is 1. The summed E-state index contributed by atoms with van der Waals surface area (Å²) < 4.78 is 23.6. The fraction of sp³-hybridized carbons (Fsp3) is 0.300. The summed E-state index contributed by atoms with van der Waals surface area (Å²) in [5.41, 5.74) is 6.74. The van der Waals surface area contributed by atoms with Crippen LogP contribution in [0.15, 0.2) is 23.1 Å². The van der Waals surface area contributed by atoms with E-state index in [1.165, 1.54) is 13.0 Å². The van der Waals surface area contributed by atoms with Crippen molar-refractivity contribution in [3.05, 3.63) is 23.8 Å². The largest absolute Gasteiger partial charge is 0.373 e. The molecule has 0 radical (unpaired) electrons. The molecule has 5 nitrogen and oxygen atoms in total. The van der Waals surface area contributed by atoms with Gasteiger partial charge in [0.25, 0.3) is 5.12 Å². The van der Waals surface area contributed by atoms with Crippen LogP contribution < -0.4 is 11.1 Å². The van der Waals surface area contributed by atoms with E-state index >= 15 is 0 Å². The van der Waals surface area contributed by atoms with Crippen LogP contribution in [0.5, 0.6) is 0 Å². The number of anilines is 1. The highest BCUT2D eigenvalue weighted by atomic mass is 32.2. The molecule has 0 fully saturated rings. The minimum Gasteiger partial charge on any atom is -0.373 e. The van der Waals surface area contributed by atoms with E-state index in [9.17, 15) is 13.2 Å². The summed E-state index contributed by atoms with van der Waals surface area (Å²) in [6.07, 6.45) is 0. The van der Waals surface area contributed by atoms with Gasteiger partial charge in [0.1, 0.15) is 0 Å². The molecular weight excluding hydrogens is 228 g/mol. The highest BCUT2D eigenvalue weighted by Crippen LogP contribution is 2.30. The van der Waals surface area contributed by atoms with Crippen LogP contribution in [0.1, 0.15) is 12.5 Å². The fourth-order valence-electron chi connectivity index (χ4n) is 1.68. The molecule has 6 heteroatoms. The van der Waals surface area contributed by atoms with E-state index < -0.39 is 21.0 Å². The minimum absolute atomic E-state index is 0.0350. The molecular formula is C10H12N2O3S. The number of benzene rings is 1. The molecule has 0 bridgehead atoms. The maximum atomic E-state index is 11.8. The van der Waals surface area contributed by atoms with Gasteiger partial charge >= 0.3 is 0 Å². The smallest absolute Gasteiger partial charge is 0.272 e. The topological polar surface area (TPSA) is 89.3 Å². The number of hydrogen-bond donors (Lipinski definition) is 2. The zero-order valence-electron chi connectivity index (χ0n) is 8.73. The van der Waals surface area contributed by atoms with Crippen LogP contribution >= 0.6 is 0 Å². The second-order valence-electron chi connectivity index (χ2n) is 3.72. The Morgan fingerprint density at radius 2 is 2.12 bits per heavy atom. The molecule has 1 aliphatic heterocycles. The Balaban J connectivity index is 2.65. The molecule has 0 aliphatic carbocycles. The van der Waals surface area contributed by atoms with Crippen molar-refractivity contribution in [3.63, 3.8) is 0 Å². The van der Waals surface area contributed by atoms with Gasteiger partial charge in [0, 0.05) is 6.54 Å². The summed E-state index contributed by atoms with van der Waals surface area (Å²) in [6.45, 7) is 1.86. The van der Waals surface area contributed by atoms with Gasteiger partial charge in [-0.05, 0) is 24.6 Å². The Morgan fingerprint density at radius 3 is 2.75 bits per heavy atom. The number of carbonyl (C=O) groups excluding carboxylic acids is 1. The molecule has 0 amide bonds. The van der Waals surface area contributed by atoms with Crippen LogP contribution in [-0.4, -0.2) is 19.6 Å². The van der Waals surface area contributed by atoms with Crippen LogP contribution in [0.2, 0.25) is 0 Å². The zero-order valence-corrected chi connectivity index (χ0v) is 9.54. The van der Waals surface area contributed by atoms with Gasteiger partial charge in [-0.2, -0.15) is 0 Å². The summed E-state index contributed by atoms with van der Waals surface area (Å²) in [6, 6.07) is 3.98.